The highest BCUT2D eigenvalue weighted by Crippen LogP contribution is 2.17. The van der Waals surface area contributed by atoms with Crippen molar-refractivity contribution in [1.29, 1.82) is 0 Å². The second-order valence-corrected chi connectivity index (χ2v) is 5.83. The summed E-state index contributed by atoms with van der Waals surface area (Å²) in [5.74, 6) is 0.343. The fraction of sp³-hybridized carbons (Fsp3) is 0.0526. The molecule has 7 heteroatoms. The molecule has 7 nitrogen and oxygen atoms in total. The Labute approximate surface area is 148 Å². The predicted octanol–water partition coefficient (Wildman–Crippen LogP) is 2.37. The Morgan fingerprint density at radius 2 is 1.92 bits per heavy atom. The lowest BCUT2D eigenvalue weighted by Gasteiger charge is -2.07. The summed E-state index contributed by atoms with van der Waals surface area (Å²) >= 11 is 0. The van der Waals surface area contributed by atoms with Gasteiger partial charge in [0.2, 0.25) is 0 Å². The number of carbonyl (C=O) groups is 1. The first-order valence-electron chi connectivity index (χ1n) is 7.98. The smallest absolute Gasteiger partial charge is 0.255 e. The second kappa shape index (κ2) is 6.29. The molecule has 4 rings (SSSR count). The monoisotopic (exact) mass is 345 g/mol. The maximum atomic E-state index is 12.3. The fourth-order valence-corrected chi connectivity index (χ4v) is 2.64. The number of hydrogen-bond donors (Lipinski definition) is 1. The number of fused-ring (bicyclic) bond motifs is 1. The van der Waals surface area contributed by atoms with Gasteiger partial charge in [0, 0.05) is 24.9 Å². The Morgan fingerprint density at radius 1 is 1.08 bits per heavy atom. The molecule has 0 aliphatic heterocycles. The molecule has 0 radical (unpaired) electrons. The van der Waals surface area contributed by atoms with Gasteiger partial charge in [0.25, 0.3) is 11.5 Å². The van der Waals surface area contributed by atoms with Gasteiger partial charge < -0.3 is 9.88 Å². The number of amides is 1. The summed E-state index contributed by atoms with van der Waals surface area (Å²) in [6.07, 6.45) is 4.84. The lowest BCUT2D eigenvalue weighted by Crippen LogP contribution is -2.20. The number of nitrogens with one attached hydrogen (secondary N) is 1. The first kappa shape index (κ1) is 15.8. The van der Waals surface area contributed by atoms with Crippen LogP contribution in [0.4, 0.5) is 5.69 Å². The highest BCUT2D eigenvalue weighted by Gasteiger charge is 2.09. The Bertz CT molecular complexity index is 1160. The number of hydrogen-bond acceptors (Lipinski definition) is 4. The van der Waals surface area contributed by atoms with Gasteiger partial charge in [-0.2, -0.15) is 0 Å². The summed E-state index contributed by atoms with van der Waals surface area (Å²) in [7, 11) is 1.63. The minimum atomic E-state index is -0.356. The molecule has 1 N–H and O–H groups in total. The zero-order valence-corrected chi connectivity index (χ0v) is 14.0. The van der Waals surface area contributed by atoms with Crippen molar-refractivity contribution >= 4 is 22.6 Å². The van der Waals surface area contributed by atoms with Gasteiger partial charge in [-0.25, -0.2) is 9.97 Å². The van der Waals surface area contributed by atoms with Crippen LogP contribution in [0.15, 0.2) is 72.0 Å². The average molecular weight is 345 g/mol. The summed E-state index contributed by atoms with van der Waals surface area (Å²) in [6.45, 7) is 0. The van der Waals surface area contributed by atoms with E-state index >= 15 is 0 Å². The summed E-state index contributed by atoms with van der Waals surface area (Å²) in [5, 5.41) is 2.74. The second-order valence-electron chi connectivity index (χ2n) is 5.83. The molecule has 1 amide bonds. The molecule has 0 unspecified atom stereocenters. The van der Waals surface area contributed by atoms with Crippen LogP contribution in [-0.2, 0) is 7.05 Å². The normalized spacial score (nSPS) is 10.8. The van der Waals surface area contributed by atoms with Crippen LogP contribution in [-0.4, -0.2) is 25.0 Å². The van der Waals surface area contributed by atoms with Crippen molar-refractivity contribution in [3.05, 3.63) is 83.2 Å². The van der Waals surface area contributed by atoms with Crippen molar-refractivity contribution < 1.29 is 4.79 Å². The van der Waals surface area contributed by atoms with E-state index in [0.717, 1.165) is 11.0 Å². The van der Waals surface area contributed by atoms with Crippen LogP contribution in [0, 0.1) is 0 Å². The van der Waals surface area contributed by atoms with Gasteiger partial charge in [-0.15, -0.1) is 0 Å². The van der Waals surface area contributed by atoms with Gasteiger partial charge in [0.1, 0.15) is 12.1 Å². The number of imidazole rings is 1. The Morgan fingerprint density at radius 3 is 2.69 bits per heavy atom. The molecule has 3 heterocycles. The Balaban J connectivity index is 1.57. The van der Waals surface area contributed by atoms with Crippen LogP contribution >= 0.6 is 0 Å². The van der Waals surface area contributed by atoms with E-state index in [1.807, 2.05) is 28.8 Å². The summed E-state index contributed by atoms with van der Waals surface area (Å²) in [6, 6.07) is 14.2. The Hall–Kier alpha value is -3.74. The molecular formula is C19H15N5O2. The van der Waals surface area contributed by atoms with E-state index in [1.165, 1.54) is 10.6 Å². The topological polar surface area (TPSA) is 81.8 Å². The van der Waals surface area contributed by atoms with Crippen LogP contribution in [0.5, 0.6) is 0 Å². The molecule has 0 bridgehead atoms. The van der Waals surface area contributed by atoms with Gasteiger partial charge in [-0.05, 0) is 30.3 Å². The summed E-state index contributed by atoms with van der Waals surface area (Å²) in [4.78, 5) is 32.6. The molecule has 0 aliphatic carbocycles. The van der Waals surface area contributed by atoms with Gasteiger partial charge in [0.15, 0.2) is 0 Å². The fourth-order valence-electron chi connectivity index (χ4n) is 2.64. The predicted molar refractivity (Wildman–Crippen MR) is 98.5 cm³/mol. The van der Waals surface area contributed by atoms with E-state index in [-0.39, 0.29) is 11.5 Å². The maximum Gasteiger partial charge on any atom is 0.255 e. The van der Waals surface area contributed by atoms with Crippen LogP contribution in [0.25, 0.3) is 16.9 Å². The molecule has 0 saturated heterocycles. The van der Waals surface area contributed by atoms with Gasteiger partial charge >= 0.3 is 0 Å². The van der Waals surface area contributed by atoms with E-state index in [0.29, 0.717) is 17.1 Å². The zero-order valence-electron chi connectivity index (χ0n) is 14.0. The third-order valence-electron chi connectivity index (χ3n) is 4.07. The van der Waals surface area contributed by atoms with Crippen molar-refractivity contribution in [2.75, 3.05) is 5.32 Å². The number of aromatic nitrogens is 4. The SMILES string of the molecule is Cn1ccc(C(=O)Nc2ccc(-n3cnc4ccccc43)nc2)cc1=O. The minimum absolute atomic E-state index is 0.238. The minimum Gasteiger partial charge on any atom is -0.321 e. The number of anilines is 1. The standard InChI is InChI=1S/C19H15N5O2/c1-23-9-8-13(10-18(23)25)19(26)22-14-6-7-17(20-11-14)24-12-21-15-4-2-3-5-16(15)24/h2-12H,1H3,(H,22,26). The number of rotatable bonds is 3. The summed E-state index contributed by atoms with van der Waals surface area (Å²) in [5.41, 5.74) is 2.45. The number of para-hydroxylation sites is 2. The number of benzene rings is 1. The van der Waals surface area contributed by atoms with Crippen LogP contribution in [0.1, 0.15) is 10.4 Å². The molecule has 3 aromatic heterocycles. The first-order chi connectivity index (χ1) is 12.6. The first-order valence-corrected chi connectivity index (χ1v) is 7.98. The number of pyridine rings is 2. The van der Waals surface area contributed by atoms with E-state index in [9.17, 15) is 9.59 Å². The van der Waals surface area contributed by atoms with Crippen molar-refractivity contribution in [3.63, 3.8) is 0 Å². The number of nitrogens with zero attached hydrogens (tertiary/aromatic N) is 4. The van der Waals surface area contributed by atoms with Crippen molar-refractivity contribution in [3.8, 4) is 5.82 Å². The van der Waals surface area contributed by atoms with E-state index in [4.69, 9.17) is 0 Å². The largest absolute Gasteiger partial charge is 0.321 e. The number of carbonyl (C=O) groups excluding carboxylic acids is 1. The molecule has 4 aromatic rings. The Kier molecular flexibility index (Phi) is 3.81. The molecule has 128 valence electrons. The maximum absolute atomic E-state index is 12.3. The van der Waals surface area contributed by atoms with Crippen molar-refractivity contribution in [2.24, 2.45) is 7.05 Å². The highest BCUT2D eigenvalue weighted by molar-refractivity contribution is 6.04. The van der Waals surface area contributed by atoms with E-state index < -0.39 is 0 Å². The van der Waals surface area contributed by atoms with Crippen molar-refractivity contribution in [1.82, 2.24) is 19.1 Å². The van der Waals surface area contributed by atoms with Gasteiger partial charge in [0.05, 0.1) is 22.9 Å². The van der Waals surface area contributed by atoms with Gasteiger partial charge in [-0.1, -0.05) is 12.1 Å². The number of aryl methyl sites for hydroxylation is 1. The molecule has 0 aliphatic rings. The van der Waals surface area contributed by atoms with Crippen molar-refractivity contribution in [2.45, 2.75) is 0 Å². The molecule has 1 aromatic carbocycles. The highest BCUT2D eigenvalue weighted by atomic mass is 16.2. The molecule has 0 saturated carbocycles. The van der Waals surface area contributed by atoms with Crippen LogP contribution in [0.3, 0.4) is 0 Å². The lowest BCUT2D eigenvalue weighted by atomic mass is 10.2. The molecule has 26 heavy (non-hydrogen) atoms. The third-order valence-corrected chi connectivity index (χ3v) is 4.07. The lowest BCUT2D eigenvalue weighted by molar-refractivity contribution is 0.102. The van der Waals surface area contributed by atoms with E-state index in [2.05, 4.69) is 15.3 Å². The zero-order chi connectivity index (χ0) is 18.1. The molecule has 0 spiro atoms. The van der Waals surface area contributed by atoms with Gasteiger partial charge in [-0.3, -0.25) is 14.2 Å². The quantitative estimate of drug-likeness (QED) is 0.618. The van der Waals surface area contributed by atoms with Crippen LogP contribution < -0.4 is 10.9 Å². The summed E-state index contributed by atoms with van der Waals surface area (Å²) < 4.78 is 3.28. The molecular weight excluding hydrogens is 330 g/mol. The van der Waals surface area contributed by atoms with E-state index in [1.54, 1.807) is 44.0 Å². The molecule has 0 atom stereocenters. The van der Waals surface area contributed by atoms with Crippen LogP contribution in [0.2, 0.25) is 0 Å². The third kappa shape index (κ3) is 2.86. The molecule has 0 fully saturated rings. The average Bonchev–Trinajstić information content (AvgIpc) is 3.09.